The van der Waals surface area contributed by atoms with Crippen LogP contribution in [0.2, 0.25) is 0 Å². The molecule has 0 aliphatic carbocycles. The first-order valence-corrected chi connectivity index (χ1v) is 6.58. The monoisotopic (exact) mass is 266 g/mol. The van der Waals surface area contributed by atoms with Crippen molar-refractivity contribution in [1.82, 2.24) is 0 Å². The maximum Gasteiger partial charge on any atom is 0.226 e. The fourth-order valence-electron chi connectivity index (χ4n) is 0.938. The van der Waals surface area contributed by atoms with E-state index in [1.807, 2.05) is 16.8 Å². The van der Waals surface area contributed by atoms with E-state index in [0.29, 0.717) is 11.8 Å². The highest BCUT2D eigenvalue weighted by atomic mass is 32.1. The Morgan fingerprint density at radius 2 is 1.59 bits per heavy atom. The summed E-state index contributed by atoms with van der Waals surface area (Å²) in [7, 11) is 0. The zero-order valence-electron chi connectivity index (χ0n) is 9.08. The van der Waals surface area contributed by atoms with Crippen molar-refractivity contribution in [2.75, 3.05) is 0 Å². The molecule has 3 nitrogen and oxygen atoms in total. The SMILES string of the molecule is CC(=O)c1ccsc1.O=CC(=O)c1ccsc1. The number of carbonyl (C=O) groups excluding carboxylic acids is 3. The first-order chi connectivity index (χ1) is 8.15. The number of Topliss-reactive ketones (excluding diaryl/α,β-unsaturated/α-hetero) is 2. The Labute approximate surface area is 107 Å². The van der Waals surface area contributed by atoms with Crippen molar-refractivity contribution < 1.29 is 14.4 Å². The molecular formula is C12H10O3S2. The predicted molar refractivity (Wildman–Crippen MR) is 69.0 cm³/mol. The summed E-state index contributed by atoms with van der Waals surface area (Å²) in [5.41, 5.74) is 1.30. The van der Waals surface area contributed by atoms with Gasteiger partial charge in [0.2, 0.25) is 5.78 Å². The quantitative estimate of drug-likeness (QED) is 0.487. The summed E-state index contributed by atoms with van der Waals surface area (Å²) in [5.74, 6) is -0.303. The van der Waals surface area contributed by atoms with Crippen molar-refractivity contribution in [2.45, 2.75) is 6.92 Å². The molecule has 2 aromatic heterocycles. The van der Waals surface area contributed by atoms with Gasteiger partial charge < -0.3 is 0 Å². The van der Waals surface area contributed by atoms with Gasteiger partial charge in [0.1, 0.15) is 0 Å². The molecule has 0 fully saturated rings. The van der Waals surface area contributed by atoms with Gasteiger partial charge in [-0.1, -0.05) is 0 Å². The van der Waals surface area contributed by atoms with Gasteiger partial charge >= 0.3 is 0 Å². The van der Waals surface area contributed by atoms with E-state index in [2.05, 4.69) is 0 Å². The van der Waals surface area contributed by atoms with Gasteiger partial charge in [0.05, 0.1) is 0 Å². The van der Waals surface area contributed by atoms with Gasteiger partial charge in [0.15, 0.2) is 12.1 Å². The molecule has 0 unspecified atom stereocenters. The van der Waals surface area contributed by atoms with Crippen molar-refractivity contribution in [3.8, 4) is 0 Å². The smallest absolute Gasteiger partial charge is 0.226 e. The minimum absolute atomic E-state index is 0.145. The van der Waals surface area contributed by atoms with E-state index in [1.165, 1.54) is 11.3 Å². The van der Waals surface area contributed by atoms with Crippen molar-refractivity contribution >= 4 is 40.5 Å². The number of rotatable bonds is 3. The molecule has 2 rings (SSSR count). The molecular weight excluding hydrogens is 256 g/mol. The normalized spacial score (nSPS) is 9.00. The predicted octanol–water partition coefficient (Wildman–Crippen LogP) is 3.08. The maximum absolute atomic E-state index is 10.5. The van der Waals surface area contributed by atoms with E-state index in [1.54, 1.807) is 35.1 Å². The second kappa shape index (κ2) is 6.88. The molecule has 0 aliphatic rings. The fraction of sp³-hybridized carbons (Fsp3) is 0.0833. The van der Waals surface area contributed by atoms with Gasteiger partial charge in [-0.2, -0.15) is 22.7 Å². The Morgan fingerprint density at radius 1 is 1.06 bits per heavy atom. The summed E-state index contributed by atoms with van der Waals surface area (Å²) in [5, 5.41) is 7.16. The Hall–Kier alpha value is -1.59. The first-order valence-electron chi connectivity index (χ1n) is 4.70. The van der Waals surface area contributed by atoms with E-state index >= 15 is 0 Å². The Bertz CT molecular complexity index is 484. The van der Waals surface area contributed by atoms with E-state index < -0.39 is 5.78 Å². The number of hydrogen-bond acceptors (Lipinski definition) is 5. The van der Waals surface area contributed by atoms with Crippen LogP contribution in [-0.2, 0) is 4.79 Å². The average Bonchev–Trinajstić information content (AvgIpc) is 3.01. The number of carbonyl (C=O) groups is 3. The third-order valence-electron chi connectivity index (χ3n) is 1.84. The second-order valence-electron chi connectivity index (χ2n) is 3.06. The van der Waals surface area contributed by atoms with Gasteiger partial charge in [0, 0.05) is 21.9 Å². The summed E-state index contributed by atoms with van der Waals surface area (Å²) in [6.45, 7) is 1.57. The Balaban J connectivity index is 0.000000171. The van der Waals surface area contributed by atoms with E-state index in [9.17, 15) is 14.4 Å². The fourth-order valence-corrected chi connectivity index (χ4v) is 2.28. The first kappa shape index (κ1) is 13.5. The van der Waals surface area contributed by atoms with Crippen LogP contribution in [0.1, 0.15) is 27.6 Å². The third kappa shape index (κ3) is 4.42. The molecule has 88 valence electrons. The van der Waals surface area contributed by atoms with Crippen LogP contribution in [0.4, 0.5) is 0 Å². The lowest BCUT2D eigenvalue weighted by Crippen LogP contribution is -1.95. The Kier molecular flexibility index (Phi) is 5.45. The summed E-state index contributed by atoms with van der Waals surface area (Å²) < 4.78 is 0. The molecule has 0 amide bonds. The van der Waals surface area contributed by atoms with Crippen LogP contribution in [0, 0.1) is 0 Å². The lowest BCUT2D eigenvalue weighted by molar-refractivity contribution is -0.104. The highest BCUT2D eigenvalue weighted by molar-refractivity contribution is 7.08. The van der Waals surface area contributed by atoms with Crippen molar-refractivity contribution in [2.24, 2.45) is 0 Å². The molecule has 2 heterocycles. The van der Waals surface area contributed by atoms with E-state index in [4.69, 9.17) is 0 Å². The number of aldehydes is 1. The third-order valence-corrected chi connectivity index (χ3v) is 3.21. The topological polar surface area (TPSA) is 51.2 Å². The summed E-state index contributed by atoms with van der Waals surface area (Å²) in [4.78, 5) is 30.9. The molecule has 0 spiro atoms. The molecule has 0 saturated heterocycles. The summed E-state index contributed by atoms with van der Waals surface area (Å²) in [6.07, 6.45) is 0.321. The number of hydrogen-bond donors (Lipinski definition) is 0. The molecule has 0 bridgehead atoms. The van der Waals surface area contributed by atoms with E-state index in [-0.39, 0.29) is 5.78 Å². The van der Waals surface area contributed by atoms with Gasteiger partial charge in [-0.15, -0.1) is 0 Å². The van der Waals surface area contributed by atoms with Crippen molar-refractivity contribution in [3.63, 3.8) is 0 Å². The molecule has 0 aliphatic heterocycles. The molecule has 0 saturated carbocycles. The van der Waals surface area contributed by atoms with Crippen LogP contribution < -0.4 is 0 Å². The molecule has 17 heavy (non-hydrogen) atoms. The zero-order valence-corrected chi connectivity index (χ0v) is 10.7. The molecule has 0 aromatic carbocycles. The molecule has 0 N–H and O–H groups in total. The van der Waals surface area contributed by atoms with Crippen LogP contribution in [0.3, 0.4) is 0 Å². The minimum Gasteiger partial charge on any atom is -0.294 e. The van der Waals surface area contributed by atoms with Crippen LogP contribution in [-0.4, -0.2) is 17.9 Å². The van der Waals surface area contributed by atoms with Crippen LogP contribution in [0.25, 0.3) is 0 Å². The van der Waals surface area contributed by atoms with Crippen LogP contribution >= 0.6 is 22.7 Å². The molecule has 2 aromatic rings. The summed E-state index contributed by atoms with van der Waals surface area (Å²) >= 11 is 2.95. The van der Waals surface area contributed by atoms with Crippen molar-refractivity contribution in [3.05, 3.63) is 44.8 Å². The number of thiophene rings is 2. The zero-order chi connectivity index (χ0) is 12.7. The van der Waals surface area contributed by atoms with E-state index in [0.717, 1.165) is 5.56 Å². The van der Waals surface area contributed by atoms with Gasteiger partial charge in [-0.3, -0.25) is 14.4 Å². The largest absolute Gasteiger partial charge is 0.294 e. The lowest BCUT2D eigenvalue weighted by Gasteiger charge is -1.79. The second-order valence-corrected chi connectivity index (χ2v) is 4.62. The standard InChI is InChI=1S/C6H4O2S.C6H6OS/c7-3-6(8)5-1-2-9-4-5;1-5(7)6-2-3-8-4-6/h1-4H;2-4H,1H3. The van der Waals surface area contributed by atoms with Gasteiger partial charge in [-0.25, -0.2) is 0 Å². The summed E-state index contributed by atoms with van der Waals surface area (Å²) in [6, 6.07) is 3.45. The van der Waals surface area contributed by atoms with Gasteiger partial charge in [0.25, 0.3) is 0 Å². The average molecular weight is 266 g/mol. The van der Waals surface area contributed by atoms with Crippen molar-refractivity contribution in [1.29, 1.82) is 0 Å². The highest BCUT2D eigenvalue weighted by Crippen LogP contribution is 2.05. The number of ketones is 2. The highest BCUT2D eigenvalue weighted by Gasteiger charge is 2.01. The minimum atomic E-state index is -0.448. The molecule has 0 radical (unpaired) electrons. The van der Waals surface area contributed by atoms with Gasteiger partial charge in [-0.05, 0) is 29.8 Å². The van der Waals surface area contributed by atoms with Crippen LogP contribution in [0.5, 0.6) is 0 Å². The maximum atomic E-state index is 10.5. The molecule has 0 atom stereocenters. The van der Waals surface area contributed by atoms with Crippen LogP contribution in [0.15, 0.2) is 33.7 Å². The lowest BCUT2D eigenvalue weighted by atomic mass is 10.2. The molecule has 5 heteroatoms. The Morgan fingerprint density at radius 3 is 1.88 bits per heavy atom.